The number of carbonyl (C=O) groups excluding carboxylic acids is 1. The first-order valence-electron chi connectivity index (χ1n) is 7.16. The lowest BCUT2D eigenvalue weighted by molar-refractivity contribution is -0.306. The maximum Gasteiger partial charge on any atom is 0.302 e. The molecular formula is C15H29NO4. The predicted molar refractivity (Wildman–Crippen MR) is 77.0 cm³/mol. The molecule has 0 amide bonds. The summed E-state index contributed by atoms with van der Waals surface area (Å²) in [5.41, 5.74) is -1.42. The fourth-order valence-corrected chi connectivity index (χ4v) is 3.06. The first-order chi connectivity index (χ1) is 8.83. The van der Waals surface area contributed by atoms with E-state index in [9.17, 15) is 9.90 Å². The Labute approximate surface area is 122 Å². The van der Waals surface area contributed by atoms with Gasteiger partial charge in [-0.2, -0.15) is 5.06 Å². The molecule has 1 heterocycles. The van der Waals surface area contributed by atoms with E-state index in [0.717, 1.165) is 0 Å². The van der Waals surface area contributed by atoms with Gasteiger partial charge in [-0.3, -0.25) is 9.63 Å². The van der Waals surface area contributed by atoms with Gasteiger partial charge in [0.2, 0.25) is 0 Å². The van der Waals surface area contributed by atoms with Crippen molar-refractivity contribution in [3.05, 3.63) is 0 Å². The number of carbonyl (C=O) groups is 1. The van der Waals surface area contributed by atoms with Gasteiger partial charge in [-0.1, -0.05) is 0 Å². The Morgan fingerprint density at radius 1 is 1.25 bits per heavy atom. The topological polar surface area (TPSA) is 59.0 Å². The molecule has 20 heavy (non-hydrogen) atoms. The van der Waals surface area contributed by atoms with Crippen LogP contribution in [0.4, 0.5) is 0 Å². The minimum Gasteiger partial charge on any atom is -0.462 e. The second kappa shape index (κ2) is 5.62. The van der Waals surface area contributed by atoms with Gasteiger partial charge >= 0.3 is 5.97 Å². The fraction of sp³-hybridized carbons (Fsp3) is 0.933. The molecule has 1 N–H and O–H groups in total. The number of ether oxygens (including phenoxy) is 1. The van der Waals surface area contributed by atoms with Crippen LogP contribution in [-0.4, -0.2) is 45.5 Å². The smallest absolute Gasteiger partial charge is 0.302 e. The molecule has 0 unspecified atom stereocenters. The first-order valence-corrected chi connectivity index (χ1v) is 7.16. The third-order valence-electron chi connectivity index (χ3n) is 3.43. The highest BCUT2D eigenvalue weighted by atomic mass is 16.7. The maximum absolute atomic E-state index is 11.2. The molecule has 1 rings (SSSR count). The van der Waals surface area contributed by atoms with Crippen LogP contribution in [-0.2, 0) is 14.4 Å². The van der Waals surface area contributed by atoms with Crippen molar-refractivity contribution in [1.82, 2.24) is 5.06 Å². The van der Waals surface area contributed by atoms with Gasteiger partial charge in [0.15, 0.2) is 0 Å². The molecule has 0 spiro atoms. The molecule has 118 valence electrons. The van der Waals surface area contributed by atoms with E-state index in [0.29, 0.717) is 12.8 Å². The largest absolute Gasteiger partial charge is 0.462 e. The quantitative estimate of drug-likeness (QED) is 0.804. The van der Waals surface area contributed by atoms with E-state index < -0.39 is 5.60 Å². The number of piperidine rings is 1. The van der Waals surface area contributed by atoms with Gasteiger partial charge in [0.25, 0.3) is 0 Å². The van der Waals surface area contributed by atoms with Crippen LogP contribution in [0.1, 0.15) is 61.3 Å². The number of hydrogen-bond donors (Lipinski definition) is 1. The standard InChI is InChI=1S/C15H29NO4/c1-11(17)20-12-8-13(2,3)16(14(4,5)9-12)19-10-15(6,7)18/h12,18H,8-10H2,1-7H3. The second-order valence-electron chi connectivity index (χ2n) is 7.64. The summed E-state index contributed by atoms with van der Waals surface area (Å²) in [7, 11) is 0. The molecule has 0 atom stereocenters. The summed E-state index contributed by atoms with van der Waals surface area (Å²) in [5.74, 6) is -0.243. The van der Waals surface area contributed by atoms with Crippen LogP contribution in [0.15, 0.2) is 0 Å². The van der Waals surface area contributed by atoms with Crippen molar-refractivity contribution in [2.45, 2.75) is 84.1 Å². The van der Waals surface area contributed by atoms with Crippen LogP contribution in [0, 0.1) is 0 Å². The highest BCUT2D eigenvalue weighted by Gasteiger charge is 2.48. The zero-order chi connectivity index (χ0) is 15.8. The Balaban J connectivity index is 2.83. The molecule has 0 aromatic rings. The highest BCUT2D eigenvalue weighted by molar-refractivity contribution is 5.66. The molecule has 0 radical (unpaired) electrons. The summed E-state index contributed by atoms with van der Waals surface area (Å²) in [6.45, 7) is 13.4. The summed E-state index contributed by atoms with van der Waals surface area (Å²) in [5, 5.41) is 11.8. The molecule has 1 saturated heterocycles. The van der Waals surface area contributed by atoms with E-state index in [4.69, 9.17) is 9.57 Å². The van der Waals surface area contributed by atoms with Crippen LogP contribution in [0.25, 0.3) is 0 Å². The zero-order valence-corrected chi connectivity index (χ0v) is 13.8. The first kappa shape index (κ1) is 17.4. The predicted octanol–water partition coefficient (Wildman–Crippen LogP) is 2.27. The van der Waals surface area contributed by atoms with E-state index in [2.05, 4.69) is 27.7 Å². The van der Waals surface area contributed by atoms with Crippen LogP contribution in [0.2, 0.25) is 0 Å². The molecule has 0 saturated carbocycles. The van der Waals surface area contributed by atoms with Gasteiger partial charge in [-0.05, 0) is 41.5 Å². The zero-order valence-electron chi connectivity index (χ0n) is 13.8. The Bertz CT molecular complexity index is 339. The van der Waals surface area contributed by atoms with Crippen molar-refractivity contribution in [1.29, 1.82) is 0 Å². The van der Waals surface area contributed by atoms with Gasteiger partial charge in [0.1, 0.15) is 6.10 Å². The molecule has 0 aromatic carbocycles. The molecule has 1 fully saturated rings. The van der Waals surface area contributed by atoms with Gasteiger partial charge in [0, 0.05) is 30.8 Å². The summed E-state index contributed by atoms with van der Waals surface area (Å²) in [6.07, 6.45) is 1.32. The SMILES string of the molecule is CC(=O)OC1CC(C)(C)N(OCC(C)(C)O)C(C)(C)C1. The Morgan fingerprint density at radius 2 is 1.70 bits per heavy atom. The molecule has 0 aromatic heterocycles. The lowest BCUT2D eigenvalue weighted by Crippen LogP contribution is -2.62. The van der Waals surface area contributed by atoms with Crippen LogP contribution >= 0.6 is 0 Å². The number of aliphatic hydroxyl groups is 1. The molecule has 0 bridgehead atoms. The van der Waals surface area contributed by atoms with E-state index in [-0.39, 0.29) is 29.8 Å². The lowest BCUT2D eigenvalue weighted by Gasteiger charge is -2.53. The van der Waals surface area contributed by atoms with Crippen LogP contribution in [0.3, 0.4) is 0 Å². The van der Waals surface area contributed by atoms with Crippen LogP contribution < -0.4 is 0 Å². The minimum absolute atomic E-state index is 0.0977. The summed E-state index contributed by atoms with van der Waals surface area (Å²) >= 11 is 0. The van der Waals surface area contributed by atoms with Gasteiger partial charge in [-0.25, -0.2) is 0 Å². The monoisotopic (exact) mass is 287 g/mol. The van der Waals surface area contributed by atoms with E-state index in [1.807, 2.05) is 5.06 Å². The number of hydroxylamine groups is 2. The average molecular weight is 287 g/mol. The number of hydrogen-bond acceptors (Lipinski definition) is 5. The van der Waals surface area contributed by atoms with E-state index >= 15 is 0 Å². The van der Waals surface area contributed by atoms with Gasteiger partial charge in [0.05, 0.1) is 12.2 Å². The van der Waals surface area contributed by atoms with Crippen molar-refractivity contribution in [2.24, 2.45) is 0 Å². The molecule has 5 heteroatoms. The van der Waals surface area contributed by atoms with Crippen molar-refractivity contribution < 1.29 is 19.5 Å². The third-order valence-corrected chi connectivity index (χ3v) is 3.43. The lowest BCUT2D eigenvalue weighted by atomic mass is 9.80. The summed E-state index contributed by atoms with van der Waals surface area (Å²) in [6, 6.07) is 0. The minimum atomic E-state index is -0.876. The summed E-state index contributed by atoms with van der Waals surface area (Å²) in [4.78, 5) is 17.0. The van der Waals surface area contributed by atoms with E-state index in [1.54, 1.807) is 13.8 Å². The highest BCUT2D eigenvalue weighted by Crippen LogP contribution is 2.40. The van der Waals surface area contributed by atoms with Crippen molar-refractivity contribution in [3.63, 3.8) is 0 Å². The fourth-order valence-electron chi connectivity index (χ4n) is 3.06. The normalized spacial score (nSPS) is 23.6. The number of rotatable bonds is 4. The number of nitrogens with zero attached hydrogens (tertiary/aromatic N) is 1. The molecular weight excluding hydrogens is 258 g/mol. The maximum atomic E-state index is 11.2. The third kappa shape index (κ3) is 4.72. The van der Waals surface area contributed by atoms with Crippen molar-refractivity contribution in [2.75, 3.05) is 6.61 Å². The van der Waals surface area contributed by atoms with Crippen LogP contribution in [0.5, 0.6) is 0 Å². The van der Waals surface area contributed by atoms with Crippen molar-refractivity contribution in [3.8, 4) is 0 Å². The molecule has 1 aliphatic rings. The molecule has 0 aliphatic carbocycles. The summed E-state index contributed by atoms with van der Waals surface area (Å²) < 4.78 is 5.39. The second-order valence-corrected chi connectivity index (χ2v) is 7.64. The Hall–Kier alpha value is -0.650. The Morgan fingerprint density at radius 3 is 2.05 bits per heavy atom. The molecule has 5 nitrogen and oxygen atoms in total. The van der Waals surface area contributed by atoms with Gasteiger partial charge in [-0.15, -0.1) is 0 Å². The van der Waals surface area contributed by atoms with E-state index in [1.165, 1.54) is 6.92 Å². The molecule has 1 aliphatic heterocycles. The Kier molecular flexibility index (Phi) is 4.89. The number of esters is 1. The average Bonchev–Trinajstić information content (AvgIpc) is 2.09. The van der Waals surface area contributed by atoms with Gasteiger partial charge < -0.3 is 9.84 Å². The van der Waals surface area contributed by atoms with Crippen molar-refractivity contribution >= 4 is 5.97 Å².